The topological polar surface area (TPSA) is 43.9 Å². The summed E-state index contributed by atoms with van der Waals surface area (Å²) < 4.78 is 0. The summed E-state index contributed by atoms with van der Waals surface area (Å²) in [7, 11) is 4.02. The predicted molar refractivity (Wildman–Crippen MR) is 124 cm³/mol. The fourth-order valence-corrected chi connectivity index (χ4v) is 4.59. The molecule has 0 radical (unpaired) electrons. The molecule has 0 bridgehead atoms. The number of imide groups is 1. The van der Waals surface area contributed by atoms with Crippen LogP contribution in [-0.2, 0) is 16.1 Å². The van der Waals surface area contributed by atoms with Gasteiger partial charge in [-0.1, -0.05) is 53.5 Å². The van der Waals surface area contributed by atoms with E-state index in [0.29, 0.717) is 26.9 Å². The highest BCUT2D eigenvalue weighted by atomic mass is 35.5. The number of hydrogen-bond donors (Lipinski definition) is 0. The molecule has 2 amide bonds. The van der Waals surface area contributed by atoms with Gasteiger partial charge in [0.15, 0.2) is 0 Å². The predicted octanol–water partition coefficient (Wildman–Crippen LogP) is 4.30. The zero-order valence-corrected chi connectivity index (χ0v) is 19.2. The number of halogens is 2. The zero-order chi connectivity index (χ0) is 22.1. The minimum Gasteiger partial charge on any atom is -0.366 e. The third-order valence-corrected chi connectivity index (χ3v) is 6.77. The summed E-state index contributed by atoms with van der Waals surface area (Å²) >= 11 is 12.4. The van der Waals surface area contributed by atoms with Gasteiger partial charge >= 0.3 is 0 Å². The van der Waals surface area contributed by atoms with Crippen molar-refractivity contribution < 1.29 is 9.59 Å². The van der Waals surface area contributed by atoms with Crippen molar-refractivity contribution in [3.63, 3.8) is 0 Å². The van der Waals surface area contributed by atoms with Gasteiger partial charge in [0.1, 0.15) is 5.70 Å². The summed E-state index contributed by atoms with van der Waals surface area (Å²) in [6.07, 6.45) is 1.88. The smallest absolute Gasteiger partial charge is 0.278 e. The number of likely N-dealkylation sites (tertiary alicyclic amines) is 1. The Bertz CT molecular complexity index is 1030. The Hall–Kier alpha value is -2.34. The molecule has 162 valence electrons. The van der Waals surface area contributed by atoms with Crippen molar-refractivity contribution in [2.45, 2.75) is 25.4 Å². The van der Waals surface area contributed by atoms with Crippen LogP contribution >= 0.6 is 23.2 Å². The lowest BCUT2D eigenvalue weighted by atomic mass is 10.0. The van der Waals surface area contributed by atoms with E-state index >= 15 is 0 Å². The lowest BCUT2D eigenvalue weighted by molar-refractivity contribution is -0.138. The van der Waals surface area contributed by atoms with Crippen molar-refractivity contribution in [1.82, 2.24) is 14.7 Å². The number of hydrogen-bond acceptors (Lipinski definition) is 4. The highest BCUT2D eigenvalue weighted by Gasteiger charge is 2.42. The SMILES string of the molecule is CN1CCC(N(C)C2=C(c3ccc(Cl)cc3)C(=O)N(Cc3ccccc3Cl)C2=O)CC1. The van der Waals surface area contributed by atoms with Crippen molar-refractivity contribution in [2.75, 3.05) is 27.2 Å². The molecule has 2 aromatic rings. The van der Waals surface area contributed by atoms with Crippen LogP contribution in [0.4, 0.5) is 0 Å². The minimum atomic E-state index is -0.304. The van der Waals surface area contributed by atoms with Crippen LogP contribution in [0.15, 0.2) is 54.2 Å². The number of amides is 2. The average Bonchev–Trinajstić information content (AvgIpc) is 3.00. The molecule has 5 nitrogen and oxygen atoms in total. The van der Waals surface area contributed by atoms with E-state index in [9.17, 15) is 9.59 Å². The Morgan fingerprint density at radius 2 is 1.61 bits per heavy atom. The van der Waals surface area contributed by atoms with Crippen LogP contribution in [0.2, 0.25) is 10.0 Å². The Labute approximate surface area is 192 Å². The summed E-state index contributed by atoms with van der Waals surface area (Å²) in [5, 5.41) is 1.12. The fraction of sp³-hybridized carbons (Fsp3) is 0.333. The van der Waals surface area contributed by atoms with E-state index < -0.39 is 0 Å². The third-order valence-electron chi connectivity index (χ3n) is 6.15. The molecule has 0 aliphatic carbocycles. The molecule has 0 N–H and O–H groups in total. The molecule has 1 saturated heterocycles. The molecule has 1 fully saturated rings. The number of nitrogens with zero attached hydrogens (tertiary/aromatic N) is 3. The van der Waals surface area contributed by atoms with E-state index in [1.807, 2.05) is 30.1 Å². The molecule has 7 heteroatoms. The molecular weight excluding hydrogens is 433 g/mol. The first-order chi connectivity index (χ1) is 14.9. The second-order valence-electron chi connectivity index (χ2n) is 8.16. The van der Waals surface area contributed by atoms with Gasteiger partial charge in [-0.25, -0.2) is 0 Å². The Morgan fingerprint density at radius 3 is 2.26 bits per heavy atom. The number of benzene rings is 2. The lowest BCUT2D eigenvalue weighted by Crippen LogP contribution is -2.43. The maximum Gasteiger partial charge on any atom is 0.278 e. The van der Waals surface area contributed by atoms with E-state index in [-0.39, 0.29) is 24.4 Å². The summed E-state index contributed by atoms with van der Waals surface area (Å²) in [4.78, 5) is 32.6. The molecule has 0 atom stereocenters. The van der Waals surface area contributed by atoms with Crippen LogP contribution in [0.3, 0.4) is 0 Å². The molecule has 0 unspecified atom stereocenters. The van der Waals surface area contributed by atoms with Gasteiger partial charge in [-0.2, -0.15) is 0 Å². The maximum atomic E-state index is 13.6. The molecule has 2 aromatic carbocycles. The molecule has 2 aliphatic heterocycles. The Morgan fingerprint density at radius 1 is 0.968 bits per heavy atom. The van der Waals surface area contributed by atoms with Gasteiger partial charge in [-0.3, -0.25) is 14.5 Å². The van der Waals surface area contributed by atoms with Gasteiger partial charge in [0, 0.05) is 23.1 Å². The van der Waals surface area contributed by atoms with E-state index in [2.05, 4.69) is 11.9 Å². The largest absolute Gasteiger partial charge is 0.366 e. The van der Waals surface area contributed by atoms with Crippen molar-refractivity contribution in [3.05, 3.63) is 75.4 Å². The van der Waals surface area contributed by atoms with Crippen molar-refractivity contribution in [1.29, 1.82) is 0 Å². The Balaban J connectivity index is 1.72. The van der Waals surface area contributed by atoms with Crippen LogP contribution in [0.1, 0.15) is 24.0 Å². The lowest BCUT2D eigenvalue weighted by Gasteiger charge is -2.36. The van der Waals surface area contributed by atoms with Crippen molar-refractivity contribution >= 4 is 40.6 Å². The van der Waals surface area contributed by atoms with Gasteiger partial charge < -0.3 is 9.80 Å². The second-order valence-corrected chi connectivity index (χ2v) is 9.01. The van der Waals surface area contributed by atoms with Gasteiger partial charge in [-0.05, 0) is 62.3 Å². The van der Waals surface area contributed by atoms with Crippen LogP contribution in [0.25, 0.3) is 5.57 Å². The number of piperidine rings is 1. The van der Waals surface area contributed by atoms with Gasteiger partial charge in [0.2, 0.25) is 0 Å². The number of likely N-dealkylation sites (N-methyl/N-ethyl adjacent to an activating group) is 1. The highest BCUT2D eigenvalue weighted by Crippen LogP contribution is 2.35. The van der Waals surface area contributed by atoms with E-state index in [1.165, 1.54) is 4.90 Å². The van der Waals surface area contributed by atoms with Crippen molar-refractivity contribution in [2.24, 2.45) is 0 Å². The van der Waals surface area contributed by atoms with E-state index in [4.69, 9.17) is 23.2 Å². The van der Waals surface area contributed by atoms with Crippen LogP contribution in [-0.4, -0.2) is 59.7 Å². The summed E-state index contributed by atoms with van der Waals surface area (Å²) in [6, 6.07) is 14.6. The molecule has 0 saturated carbocycles. The first-order valence-electron chi connectivity index (χ1n) is 10.4. The van der Waals surface area contributed by atoms with Crippen LogP contribution in [0, 0.1) is 0 Å². The van der Waals surface area contributed by atoms with Crippen LogP contribution < -0.4 is 0 Å². The molecule has 4 rings (SSSR count). The molecule has 31 heavy (non-hydrogen) atoms. The molecule has 2 aliphatic rings. The third kappa shape index (κ3) is 4.36. The molecule has 2 heterocycles. The summed E-state index contributed by atoms with van der Waals surface area (Å²) in [6.45, 7) is 2.06. The second kappa shape index (κ2) is 9.03. The summed E-state index contributed by atoms with van der Waals surface area (Å²) in [5.74, 6) is -0.585. The number of carbonyl (C=O) groups is 2. The van der Waals surface area contributed by atoms with Gasteiger partial charge in [-0.15, -0.1) is 0 Å². The monoisotopic (exact) mass is 457 g/mol. The van der Waals surface area contributed by atoms with Gasteiger partial charge in [0.05, 0.1) is 12.1 Å². The highest BCUT2D eigenvalue weighted by molar-refractivity contribution is 6.36. The minimum absolute atomic E-state index is 0.138. The van der Waals surface area contributed by atoms with E-state index in [0.717, 1.165) is 31.5 Å². The van der Waals surface area contributed by atoms with Crippen molar-refractivity contribution in [3.8, 4) is 0 Å². The molecule has 0 spiro atoms. The zero-order valence-electron chi connectivity index (χ0n) is 17.6. The van der Waals surface area contributed by atoms with Crippen LogP contribution in [0.5, 0.6) is 0 Å². The molecule has 0 aromatic heterocycles. The summed E-state index contributed by atoms with van der Waals surface area (Å²) in [5.41, 5.74) is 2.31. The van der Waals surface area contributed by atoms with E-state index in [1.54, 1.807) is 30.3 Å². The molecular formula is C24H25Cl2N3O2. The standard InChI is InChI=1S/C24H25Cl2N3O2/c1-27-13-11-19(12-14-27)28(2)22-21(16-7-9-18(25)10-8-16)23(30)29(24(22)31)15-17-5-3-4-6-20(17)26/h3-10,19H,11-15H2,1-2H3. The first kappa shape index (κ1) is 21.9. The van der Waals surface area contributed by atoms with Gasteiger partial charge in [0.25, 0.3) is 11.8 Å². The Kier molecular flexibility index (Phi) is 6.37. The average molecular weight is 458 g/mol. The number of carbonyl (C=O) groups excluding carboxylic acids is 2. The fourth-order valence-electron chi connectivity index (χ4n) is 4.27. The maximum absolute atomic E-state index is 13.6. The normalized spacial score (nSPS) is 18.3. The number of rotatable bonds is 5. The first-order valence-corrected chi connectivity index (χ1v) is 11.1. The quantitative estimate of drug-likeness (QED) is 0.627.